The molecule has 0 fully saturated rings. The first kappa shape index (κ1) is 12.8. The van der Waals surface area contributed by atoms with Crippen molar-refractivity contribution in [3.8, 4) is 6.07 Å². The third-order valence-corrected chi connectivity index (χ3v) is 2.67. The summed E-state index contributed by atoms with van der Waals surface area (Å²) in [5.41, 5.74) is 1.49. The number of nitrogens with zero attached hydrogens (tertiary/aromatic N) is 2. The Morgan fingerprint density at radius 3 is 2.75 bits per heavy atom. The highest BCUT2D eigenvalue weighted by Gasteiger charge is 2.07. The van der Waals surface area contributed by atoms with E-state index in [2.05, 4.69) is 11.2 Å². The second-order valence-corrected chi connectivity index (χ2v) is 3.82. The van der Waals surface area contributed by atoms with E-state index in [9.17, 15) is 0 Å². The highest BCUT2D eigenvalue weighted by atomic mass is 35.5. The van der Waals surface area contributed by atoms with Crippen molar-refractivity contribution in [2.45, 2.75) is 12.8 Å². The predicted molar refractivity (Wildman–Crippen MR) is 64.9 cm³/mol. The Hall–Kier alpha value is -1.24. The lowest BCUT2D eigenvalue weighted by Crippen LogP contribution is -2.01. The van der Waals surface area contributed by atoms with Crippen LogP contribution in [0.5, 0.6) is 0 Å². The fourth-order valence-electron chi connectivity index (χ4n) is 1.20. The maximum atomic E-state index is 8.54. The zero-order valence-electron chi connectivity index (χ0n) is 8.70. The van der Waals surface area contributed by atoms with Crippen molar-refractivity contribution in [1.82, 2.24) is 0 Å². The summed E-state index contributed by atoms with van der Waals surface area (Å²) in [4.78, 5) is 4.73. The Kier molecular flexibility index (Phi) is 5.10. The molecule has 3 nitrogen and oxygen atoms in total. The third-order valence-electron chi connectivity index (χ3n) is 1.93. The lowest BCUT2D eigenvalue weighted by molar-refractivity contribution is 0.213. The van der Waals surface area contributed by atoms with Gasteiger partial charge in [0, 0.05) is 18.4 Å². The van der Waals surface area contributed by atoms with Crippen LogP contribution < -0.4 is 0 Å². The molecular weight excluding hydrogens is 247 g/mol. The first-order valence-electron chi connectivity index (χ1n) is 4.61. The van der Waals surface area contributed by atoms with E-state index in [1.807, 2.05) is 0 Å². The zero-order chi connectivity index (χ0) is 12.0. The van der Waals surface area contributed by atoms with Crippen LogP contribution in [0.1, 0.15) is 18.4 Å². The average Bonchev–Trinajstić information content (AvgIpc) is 2.28. The summed E-state index contributed by atoms with van der Waals surface area (Å²) in [5.74, 6) is 0. The molecule has 0 aliphatic heterocycles. The molecule has 1 aromatic rings. The molecule has 5 heteroatoms. The smallest absolute Gasteiger partial charge is 0.106 e. The number of halogens is 2. The minimum absolute atomic E-state index is 0.377. The number of rotatable bonds is 4. The summed E-state index contributed by atoms with van der Waals surface area (Å²) in [7, 11) is 1.46. The summed E-state index contributed by atoms with van der Waals surface area (Å²) >= 11 is 11.7. The van der Waals surface area contributed by atoms with E-state index in [1.165, 1.54) is 7.11 Å². The standard InChI is InChI=1S/C11H10Cl2N2O/c1-16-15-11(3-2-6-14)8-4-5-9(12)10(13)7-8/h4-5,7H,2-3H2,1H3/b15-11+. The number of hydrogen-bond donors (Lipinski definition) is 0. The Labute approximate surface area is 104 Å². The predicted octanol–water partition coefficient (Wildman–Crippen LogP) is 3.65. The number of hydrogen-bond acceptors (Lipinski definition) is 3. The van der Waals surface area contributed by atoms with Gasteiger partial charge in [0.05, 0.1) is 21.8 Å². The van der Waals surface area contributed by atoms with Crippen LogP contribution in [0.25, 0.3) is 0 Å². The lowest BCUT2D eigenvalue weighted by atomic mass is 10.1. The molecule has 0 aliphatic carbocycles. The first-order chi connectivity index (χ1) is 7.69. The number of benzene rings is 1. The van der Waals surface area contributed by atoms with Gasteiger partial charge in [-0.1, -0.05) is 34.4 Å². The second-order valence-electron chi connectivity index (χ2n) is 3.01. The van der Waals surface area contributed by atoms with E-state index < -0.39 is 0 Å². The van der Waals surface area contributed by atoms with Crippen molar-refractivity contribution >= 4 is 28.9 Å². The summed E-state index contributed by atoms with van der Waals surface area (Å²) < 4.78 is 0. The molecule has 0 atom stereocenters. The van der Waals surface area contributed by atoms with Gasteiger partial charge in [-0.15, -0.1) is 0 Å². The maximum Gasteiger partial charge on any atom is 0.106 e. The third kappa shape index (κ3) is 3.41. The largest absolute Gasteiger partial charge is 0.399 e. The molecule has 1 rings (SSSR count). The molecule has 0 unspecified atom stereocenters. The van der Waals surface area contributed by atoms with Gasteiger partial charge in [-0.25, -0.2) is 0 Å². The highest BCUT2D eigenvalue weighted by molar-refractivity contribution is 6.42. The van der Waals surface area contributed by atoms with Crippen LogP contribution in [-0.2, 0) is 4.84 Å². The topological polar surface area (TPSA) is 45.4 Å². The van der Waals surface area contributed by atoms with Crippen molar-refractivity contribution in [2.24, 2.45) is 5.16 Å². The van der Waals surface area contributed by atoms with E-state index in [0.717, 1.165) is 5.56 Å². The fourth-order valence-corrected chi connectivity index (χ4v) is 1.50. The van der Waals surface area contributed by atoms with Crippen molar-refractivity contribution in [2.75, 3.05) is 7.11 Å². The van der Waals surface area contributed by atoms with E-state index in [0.29, 0.717) is 28.6 Å². The SMILES string of the molecule is CO/N=C(\CCC#N)c1ccc(Cl)c(Cl)c1. The van der Waals surface area contributed by atoms with Crippen molar-refractivity contribution in [1.29, 1.82) is 5.26 Å². The van der Waals surface area contributed by atoms with Crippen LogP contribution in [0.2, 0.25) is 10.0 Å². The molecule has 0 heterocycles. The molecule has 0 aromatic heterocycles. The van der Waals surface area contributed by atoms with Crippen LogP contribution in [0.15, 0.2) is 23.4 Å². The normalized spacial score (nSPS) is 11.0. The molecule has 0 N–H and O–H groups in total. The van der Waals surface area contributed by atoms with Crippen LogP contribution in [0.3, 0.4) is 0 Å². The monoisotopic (exact) mass is 256 g/mol. The van der Waals surface area contributed by atoms with Crippen molar-refractivity contribution in [3.05, 3.63) is 33.8 Å². The quantitative estimate of drug-likeness (QED) is 0.610. The van der Waals surface area contributed by atoms with Crippen LogP contribution in [0.4, 0.5) is 0 Å². The number of oxime groups is 1. The highest BCUT2D eigenvalue weighted by Crippen LogP contribution is 2.23. The zero-order valence-corrected chi connectivity index (χ0v) is 10.2. The molecule has 0 amide bonds. The van der Waals surface area contributed by atoms with Gasteiger partial charge in [-0.05, 0) is 12.1 Å². The average molecular weight is 257 g/mol. The van der Waals surface area contributed by atoms with Gasteiger partial charge >= 0.3 is 0 Å². The first-order valence-corrected chi connectivity index (χ1v) is 5.37. The summed E-state index contributed by atoms with van der Waals surface area (Å²) in [6, 6.07) is 7.25. The van der Waals surface area contributed by atoms with Gasteiger partial charge < -0.3 is 4.84 Å². The van der Waals surface area contributed by atoms with Crippen LogP contribution >= 0.6 is 23.2 Å². The van der Waals surface area contributed by atoms with Crippen LogP contribution in [0, 0.1) is 11.3 Å². The van der Waals surface area contributed by atoms with Gasteiger partial charge in [-0.3, -0.25) is 0 Å². The van der Waals surface area contributed by atoms with Crippen molar-refractivity contribution < 1.29 is 4.84 Å². The van der Waals surface area contributed by atoms with E-state index in [4.69, 9.17) is 33.3 Å². The summed E-state index contributed by atoms with van der Waals surface area (Å²) in [5, 5.41) is 13.3. The fraction of sp³-hybridized carbons (Fsp3) is 0.273. The summed E-state index contributed by atoms with van der Waals surface area (Å²) in [6.07, 6.45) is 0.894. The molecule has 16 heavy (non-hydrogen) atoms. The Balaban J connectivity index is 2.98. The molecule has 0 saturated heterocycles. The second kappa shape index (κ2) is 6.37. The minimum Gasteiger partial charge on any atom is -0.399 e. The molecule has 84 valence electrons. The Morgan fingerprint density at radius 2 is 2.19 bits per heavy atom. The van der Waals surface area contributed by atoms with Gasteiger partial charge in [0.2, 0.25) is 0 Å². The minimum atomic E-state index is 0.377. The van der Waals surface area contributed by atoms with Gasteiger partial charge in [-0.2, -0.15) is 5.26 Å². The molecule has 0 bridgehead atoms. The maximum absolute atomic E-state index is 8.54. The van der Waals surface area contributed by atoms with E-state index >= 15 is 0 Å². The summed E-state index contributed by atoms with van der Waals surface area (Å²) in [6.45, 7) is 0. The van der Waals surface area contributed by atoms with Gasteiger partial charge in [0.25, 0.3) is 0 Å². The molecular formula is C11H10Cl2N2O. The molecule has 0 radical (unpaired) electrons. The lowest BCUT2D eigenvalue weighted by Gasteiger charge is -2.05. The van der Waals surface area contributed by atoms with E-state index in [1.54, 1.807) is 18.2 Å². The van der Waals surface area contributed by atoms with Gasteiger partial charge in [0.1, 0.15) is 7.11 Å². The molecule has 0 aliphatic rings. The van der Waals surface area contributed by atoms with Gasteiger partial charge in [0.15, 0.2) is 0 Å². The molecule has 1 aromatic carbocycles. The van der Waals surface area contributed by atoms with Crippen LogP contribution in [-0.4, -0.2) is 12.8 Å². The Bertz CT molecular complexity index is 438. The molecule has 0 saturated carbocycles. The van der Waals surface area contributed by atoms with Crippen molar-refractivity contribution in [3.63, 3.8) is 0 Å². The number of nitriles is 1. The van der Waals surface area contributed by atoms with E-state index in [-0.39, 0.29) is 0 Å². The molecule has 0 spiro atoms. The Morgan fingerprint density at radius 1 is 1.44 bits per heavy atom.